The van der Waals surface area contributed by atoms with Gasteiger partial charge in [-0.05, 0) is 67.1 Å². The van der Waals surface area contributed by atoms with Crippen molar-refractivity contribution >= 4 is 34.7 Å². The van der Waals surface area contributed by atoms with Crippen LogP contribution in [0, 0.1) is 13.8 Å². The number of carbonyl (C=O) groups is 1. The zero-order chi connectivity index (χ0) is 22.3. The monoisotopic (exact) mass is 454 g/mol. The SMILES string of the molecule is COC(=O)C1=C(C)N=c2sc(=Cc3cc(C)c(OC)cc3C)c(=O)n2C1c1cccs1. The Morgan fingerprint density at radius 1 is 1.19 bits per heavy atom. The Morgan fingerprint density at radius 3 is 2.61 bits per heavy atom. The van der Waals surface area contributed by atoms with E-state index < -0.39 is 12.0 Å². The number of fused-ring (bicyclic) bond motifs is 1. The van der Waals surface area contributed by atoms with Crippen LogP contribution in [0.1, 0.15) is 34.5 Å². The number of allylic oxidation sites excluding steroid dienone is 1. The maximum atomic E-state index is 13.5. The van der Waals surface area contributed by atoms with E-state index in [1.165, 1.54) is 29.8 Å². The van der Waals surface area contributed by atoms with Gasteiger partial charge in [0, 0.05) is 4.88 Å². The number of esters is 1. The van der Waals surface area contributed by atoms with E-state index in [4.69, 9.17) is 9.47 Å². The zero-order valence-corrected chi connectivity index (χ0v) is 19.5. The van der Waals surface area contributed by atoms with Crippen LogP contribution in [0.15, 0.2) is 50.7 Å². The van der Waals surface area contributed by atoms with Crippen molar-refractivity contribution in [2.75, 3.05) is 14.2 Å². The number of aryl methyl sites for hydroxylation is 2. The lowest BCUT2D eigenvalue weighted by Gasteiger charge is -2.22. The first-order chi connectivity index (χ1) is 14.8. The Balaban J connectivity index is 1.96. The molecule has 1 unspecified atom stereocenters. The van der Waals surface area contributed by atoms with E-state index in [1.54, 1.807) is 18.6 Å². The zero-order valence-electron chi connectivity index (χ0n) is 17.9. The normalized spacial score (nSPS) is 16.2. The molecule has 0 radical (unpaired) electrons. The molecule has 160 valence electrons. The molecule has 0 spiro atoms. The molecule has 1 aromatic carbocycles. The Morgan fingerprint density at radius 2 is 1.97 bits per heavy atom. The lowest BCUT2D eigenvalue weighted by molar-refractivity contribution is -0.136. The Hall–Kier alpha value is -2.97. The highest BCUT2D eigenvalue weighted by Gasteiger charge is 2.33. The maximum absolute atomic E-state index is 13.5. The number of benzene rings is 1. The van der Waals surface area contributed by atoms with Crippen LogP contribution >= 0.6 is 22.7 Å². The molecule has 3 heterocycles. The molecule has 0 amide bonds. The van der Waals surface area contributed by atoms with E-state index in [0.717, 1.165) is 27.3 Å². The number of methoxy groups -OCH3 is 2. The largest absolute Gasteiger partial charge is 0.496 e. The van der Waals surface area contributed by atoms with Crippen molar-refractivity contribution in [3.63, 3.8) is 0 Å². The van der Waals surface area contributed by atoms with Crippen molar-refractivity contribution in [3.05, 3.63) is 82.2 Å². The van der Waals surface area contributed by atoms with E-state index in [-0.39, 0.29) is 5.56 Å². The van der Waals surface area contributed by atoms with Gasteiger partial charge in [0.1, 0.15) is 11.8 Å². The van der Waals surface area contributed by atoms with E-state index in [0.29, 0.717) is 20.6 Å². The lowest BCUT2D eigenvalue weighted by atomic mass is 10.0. The van der Waals surface area contributed by atoms with Gasteiger partial charge in [-0.3, -0.25) is 9.36 Å². The van der Waals surface area contributed by atoms with Crippen LogP contribution in [-0.4, -0.2) is 24.8 Å². The molecule has 0 fully saturated rings. The molecule has 0 N–H and O–H groups in total. The molecule has 31 heavy (non-hydrogen) atoms. The predicted molar refractivity (Wildman–Crippen MR) is 123 cm³/mol. The summed E-state index contributed by atoms with van der Waals surface area (Å²) in [6.45, 7) is 5.74. The van der Waals surface area contributed by atoms with E-state index in [1.807, 2.05) is 49.6 Å². The summed E-state index contributed by atoms with van der Waals surface area (Å²) in [6, 6.07) is 7.25. The highest BCUT2D eigenvalue weighted by atomic mass is 32.1. The molecule has 1 aliphatic heterocycles. The third-order valence-electron chi connectivity index (χ3n) is 5.31. The molecule has 1 atom stereocenters. The molecule has 1 aliphatic rings. The number of nitrogens with zero attached hydrogens (tertiary/aromatic N) is 2. The van der Waals surface area contributed by atoms with Gasteiger partial charge >= 0.3 is 5.97 Å². The van der Waals surface area contributed by atoms with Crippen molar-refractivity contribution in [2.45, 2.75) is 26.8 Å². The van der Waals surface area contributed by atoms with Crippen LogP contribution in [0.25, 0.3) is 6.08 Å². The molecule has 0 bridgehead atoms. The Bertz CT molecular complexity index is 1380. The number of hydrogen-bond donors (Lipinski definition) is 0. The molecule has 0 saturated heterocycles. The highest BCUT2D eigenvalue weighted by Crippen LogP contribution is 2.33. The topological polar surface area (TPSA) is 69.9 Å². The number of thiazole rings is 1. The third kappa shape index (κ3) is 3.66. The van der Waals surface area contributed by atoms with Crippen LogP contribution in [0.2, 0.25) is 0 Å². The minimum atomic E-state index is -0.551. The number of carbonyl (C=O) groups excluding carboxylic acids is 1. The average Bonchev–Trinajstić information content (AvgIpc) is 3.38. The number of ether oxygens (including phenoxy) is 2. The number of rotatable bonds is 4. The molecular formula is C23H22N2O4S2. The van der Waals surface area contributed by atoms with E-state index in [9.17, 15) is 9.59 Å². The van der Waals surface area contributed by atoms with Gasteiger partial charge in [0.15, 0.2) is 4.80 Å². The van der Waals surface area contributed by atoms with Crippen LogP contribution in [0.4, 0.5) is 0 Å². The van der Waals surface area contributed by atoms with Crippen molar-refractivity contribution in [2.24, 2.45) is 4.99 Å². The summed E-state index contributed by atoms with van der Waals surface area (Å²) in [6.07, 6.45) is 1.88. The summed E-state index contributed by atoms with van der Waals surface area (Å²) in [7, 11) is 2.99. The minimum Gasteiger partial charge on any atom is -0.496 e. The summed E-state index contributed by atoms with van der Waals surface area (Å²) in [4.78, 5) is 32.1. The quantitative estimate of drug-likeness (QED) is 0.568. The number of hydrogen-bond acceptors (Lipinski definition) is 7. The third-order valence-corrected chi connectivity index (χ3v) is 7.22. The second kappa shape index (κ2) is 8.28. The molecule has 4 rings (SSSR count). The molecule has 6 nitrogen and oxygen atoms in total. The first kappa shape index (κ1) is 21.3. The van der Waals surface area contributed by atoms with Gasteiger partial charge in [-0.2, -0.15) is 0 Å². The van der Waals surface area contributed by atoms with Crippen molar-refractivity contribution < 1.29 is 14.3 Å². The molecule has 0 aliphatic carbocycles. The number of aromatic nitrogens is 1. The molecule has 2 aromatic heterocycles. The summed E-state index contributed by atoms with van der Waals surface area (Å²) in [5.41, 5.74) is 3.72. The van der Waals surface area contributed by atoms with Gasteiger partial charge in [-0.1, -0.05) is 17.4 Å². The van der Waals surface area contributed by atoms with Crippen LogP contribution in [0.5, 0.6) is 5.75 Å². The predicted octanol–water partition coefficient (Wildman–Crippen LogP) is 3.10. The Kier molecular flexibility index (Phi) is 5.68. The van der Waals surface area contributed by atoms with E-state index >= 15 is 0 Å². The van der Waals surface area contributed by atoms with Gasteiger partial charge < -0.3 is 9.47 Å². The highest BCUT2D eigenvalue weighted by molar-refractivity contribution is 7.10. The smallest absolute Gasteiger partial charge is 0.338 e. The van der Waals surface area contributed by atoms with Crippen LogP contribution in [0.3, 0.4) is 0 Å². The summed E-state index contributed by atoms with van der Waals surface area (Å²) < 4.78 is 12.6. The van der Waals surface area contributed by atoms with Gasteiger partial charge in [-0.15, -0.1) is 11.3 Å². The fourth-order valence-electron chi connectivity index (χ4n) is 3.74. The second-order valence-corrected chi connectivity index (χ2v) is 9.26. The van der Waals surface area contributed by atoms with E-state index in [2.05, 4.69) is 4.99 Å². The minimum absolute atomic E-state index is 0.177. The second-order valence-electron chi connectivity index (χ2n) is 7.27. The Labute approximate surface area is 187 Å². The van der Waals surface area contributed by atoms with Gasteiger partial charge in [0.25, 0.3) is 5.56 Å². The summed E-state index contributed by atoms with van der Waals surface area (Å²) in [5, 5.41) is 1.93. The first-order valence-electron chi connectivity index (χ1n) is 9.65. The fraction of sp³-hybridized carbons (Fsp3) is 0.261. The summed E-state index contributed by atoms with van der Waals surface area (Å²) in [5.74, 6) is 0.336. The average molecular weight is 455 g/mol. The van der Waals surface area contributed by atoms with Crippen molar-refractivity contribution in [3.8, 4) is 5.75 Å². The van der Waals surface area contributed by atoms with Crippen LogP contribution < -0.4 is 19.6 Å². The fourth-order valence-corrected chi connectivity index (χ4v) is 5.60. The molecule has 0 saturated carbocycles. The lowest BCUT2D eigenvalue weighted by Crippen LogP contribution is -2.39. The standard InChI is InChI=1S/C23H22N2O4S2/c1-12-10-16(28-4)13(2)9-15(12)11-18-21(26)25-20(17-7-6-8-30-17)19(22(27)29-5)14(3)24-23(25)31-18/h6-11,20H,1-5H3. The number of thiophene rings is 1. The van der Waals surface area contributed by atoms with Gasteiger partial charge in [0.2, 0.25) is 0 Å². The van der Waals surface area contributed by atoms with Crippen molar-refractivity contribution in [1.29, 1.82) is 0 Å². The van der Waals surface area contributed by atoms with Gasteiger partial charge in [-0.25, -0.2) is 9.79 Å². The maximum Gasteiger partial charge on any atom is 0.338 e. The molecular weight excluding hydrogens is 432 g/mol. The molecule has 8 heteroatoms. The first-order valence-corrected chi connectivity index (χ1v) is 11.3. The summed E-state index contributed by atoms with van der Waals surface area (Å²) >= 11 is 2.82. The van der Waals surface area contributed by atoms with Crippen LogP contribution in [-0.2, 0) is 9.53 Å². The van der Waals surface area contributed by atoms with Gasteiger partial charge in [0.05, 0.1) is 30.0 Å². The van der Waals surface area contributed by atoms with Crippen molar-refractivity contribution in [1.82, 2.24) is 4.57 Å². The molecule has 3 aromatic rings.